The molecule has 2 nitrogen and oxygen atoms in total. The third-order valence-corrected chi connectivity index (χ3v) is 1.74. The van der Waals surface area contributed by atoms with Crippen LogP contribution in [0, 0.1) is 17.1 Å². The maximum Gasteiger partial charge on any atom is 0.140 e. The summed E-state index contributed by atoms with van der Waals surface area (Å²) in [6.07, 6.45) is 0. The first-order valence-electron chi connectivity index (χ1n) is 3.77. The van der Waals surface area contributed by atoms with E-state index in [9.17, 15) is 4.39 Å². The average molecular weight is 176 g/mol. The molecular formula is C10H9FN2. The molecule has 0 atom stereocenters. The van der Waals surface area contributed by atoms with E-state index in [1.54, 1.807) is 12.1 Å². The Kier molecular flexibility index (Phi) is 2.78. The third kappa shape index (κ3) is 1.92. The van der Waals surface area contributed by atoms with Crippen molar-refractivity contribution in [3.8, 4) is 6.07 Å². The molecule has 0 saturated carbocycles. The summed E-state index contributed by atoms with van der Waals surface area (Å²) in [5.41, 5.74) is 6.78. The van der Waals surface area contributed by atoms with Gasteiger partial charge in [0, 0.05) is 6.54 Å². The molecule has 0 saturated heterocycles. The molecule has 3 heteroatoms. The van der Waals surface area contributed by atoms with Crippen LogP contribution in [0.1, 0.15) is 11.1 Å². The number of halogens is 1. The monoisotopic (exact) mass is 176 g/mol. The first-order chi connectivity index (χ1) is 6.19. The summed E-state index contributed by atoms with van der Waals surface area (Å²) in [7, 11) is 0. The Balaban J connectivity index is 3.15. The van der Waals surface area contributed by atoms with Crippen molar-refractivity contribution in [1.29, 1.82) is 5.26 Å². The van der Waals surface area contributed by atoms with Gasteiger partial charge in [0.05, 0.1) is 5.56 Å². The van der Waals surface area contributed by atoms with Crippen LogP contribution >= 0.6 is 0 Å². The number of rotatable bonds is 2. The number of hydrogen-bond donors (Lipinski definition) is 1. The predicted octanol–water partition coefficient (Wildman–Crippen LogP) is 1.67. The van der Waals surface area contributed by atoms with Gasteiger partial charge >= 0.3 is 0 Å². The summed E-state index contributed by atoms with van der Waals surface area (Å²) in [4.78, 5) is 0. The zero-order valence-corrected chi connectivity index (χ0v) is 7.05. The summed E-state index contributed by atoms with van der Waals surface area (Å²) in [5, 5.41) is 8.55. The molecule has 2 N–H and O–H groups in total. The van der Waals surface area contributed by atoms with E-state index in [1.165, 1.54) is 12.1 Å². The summed E-state index contributed by atoms with van der Waals surface area (Å²) in [6.45, 7) is 3.99. The largest absolute Gasteiger partial charge is 0.326 e. The highest BCUT2D eigenvalue weighted by atomic mass is 19.1. The number of nitrogens with zero attached hydrogens (tertiary/aromatic N) is 1. The first-order valence-corrected chi connectivity index (χ1v) is 3.77. The molecule has 0 unspecified atom stereocenters. The minimum absolute atomic E-state index is 0.0205. The van der Waals surface area contributed by atoms with Crippen LogP contribution in [0.4, 0.5) is 4.39 Å². The second-order valence-electron chi connectivity index (χ2n) is 2.61. The van der Waals surface area contributed by atoms with E-state index in [0.717, 1.165) is 0 Å². The van der Waals surface area contributed by atoms with Gasteiger partial charge in [-0.1, -0.05) is 12.6 Å². The molecule has 66 valence electrons. The highest BCUT2D eigenvalue weighted by Crippen LogP contribution is 2.15. The van der Waals surface area contributed by atoms with Crippen molar-refractivity contribution >= 4 is 5.57 Å². The van der Waals surface area contributed by atoms with E-state index in [2.05, 4.69) is 6.58 Å². The van der Waals surface area contributed by atoms with Gasteiger partial charge in [-0.3, -0.25) is 0 Å². The maximum atomic E-state index is 12.9. The molecule has 0 spiro atoms. The summed E-state index contributed by atoms with van der Waals surface area (Å²) in [5.74, 6) is -0.518. The molecule has 0 aromatic heterocycles. The molecule has 0 amide bonds. The van der Waals surface area contributed by atoms with Crippen molar-refractivity contribution < 1.29 is 4.39 Å². The van der Waals surface area contributed by atoms with Gasteiger partial charge < -0.3 is 5.73 Å². The van der Waals surface area contributed by atoms with Gasteiger partial charge in [-0.15, -0.1) is 0 Å². The zero-order chi connectivity index (χ0) is 9.84. The van der Waals surface area contributed by atoms with E-state index in [-0.39, 0.29) is 5.56 Å². The van der Waals surface area contributed by atoms with E-state index in [0.29, 0.717) is 17.7 Å². The standard InChI is InChI=1S/C10H9FN2/c1-7(5-12)8-2-3-10(11)9(4-8)6-13/h2-4H,1,5,12H2. The van der Waals surface area contributed by atoms with Crippen molar-refractivity contribution in [3.05, 3.63) is 41.7 Å². The van der Waals surface area contributed by atoms with Crippen LogP contribution in [0.5, 0.6) is 0 Å². The fourth-order valence-corrected chi connectivity index (χ4v) is 0.949. The molecule has 1 aromatic rings. The molecule has 1 aromatic carbocycles. The Morgan fingerprint density at radius 3 is 2.85 bits per heavy atom. The maximum absolute atomic E-state index is 12.9. The molecule has 0 bridgehead atoms. The van der Waals surface area contributed by atoms with Gasteiger partial charge in [-0.05, 0) is 23.3 Å². The molecule has 0 aliphatic carbocycles. The highest BCUT2D eigenvalue weighted by molar-refractivity contribution is 5.65. The van der Waals surface area contributed by atoms with Gasteiger partial charge in [-0.2, -0.15) is 5.26 Å². The molecule has 0 radical (unpaired) electrons. The Morgan fingerprint density at radius 2 is 2.31 bits per heavy atom. The Labute approximate surface area is 76.1 Å². The number of nitrogens with two attached hydrogens (primary N) is 1. The number of nitriles is 1. The van der Waals surface area contributed by atoms with Crippen LogP contribution < -0.4 is 5.73 Å². The topological polar surface area (TPSA) is 49.8 Å². The zero-order valence-electron chi connectivity index (χ0n) is 7.05. The van der Waals surface area contributed by atoms with E-state index < -0.39 is 5.82 Å². The molecular weight excluding hydrogens is 167 g/mol. The third-order valence-electron chi connectivity index (χ3n) is 1.74. The number of benzene rings is 1. The van der Waals surface area contributed by atoms with Gasteiger partial charge in [0.1, 0.15) is 11.9 Å². The summed E-state index contributed by atoms with van der Waals surface area (Å²) >= 11 is 0. The van der Waals surface area contributed by atoms with Gasteiger partial charge in [0.25, 0.3) is 0 Å². The van der Waals surface area contributed by atoms with Gasteiger partial charge in [0.2, 0.25) is 0 Å². The second kappa shape index (κ2) is 3.83. The SMILES string of the molecule is C=C(CN)c1ccc(F)c(C#N)c1. The lowest BCUT2D eigenvalue weighted by molar-refractivity contribution is 0.624. The minimum Gasteiger partial charge on any atom is -0.326 e. The van der Waals surface area contributed by atoms with Crippen molar-refractivity contribution in [2.45, 2.75) is 0 Å². The molecule has 0 aliphatic rings. The van der Waals surface area contributed by atoms with Crippen molar-refractivity contribution in [2.75, 3.05) is 6.54 Å². The lowest BCUT2D eigenvalue weighted by atomic mass is 10.0. The smallest absolute Gasteiger partial charge is 0.140 e. The van der Waals surface area contributed by atoms with E-state index in [4.69, 9.17) is 11.0 Å². The second-order valence-corrected chi connectivity index (χ2v) is 2.61. The Morgan fingerprint density at radius 1 is 1.62 bits per heavy atom. The van der Waals surface area contributed by atoms with Crippen LogP contribution in [-0.4, -0.2) is 6.54 Å². The Bertz CT molecular complexity index is 377. The molecule has 1 rings (SSSR count). The first kappa shape index (κ1) is 9.43. The van der Waals surface area contributed by atoms with E-state index in [1.807, 2.05) is 0 Å². The Hall–Kier alpha value is -1.66. The van der Waals surface area contributed by atoms with Crippen molar-refractivity contribution in [2.24, 2.45) is 5.73 Å². The van der Waals surface area contributed by atoms with Gasteiger partial charge in [-0.25, -0.2) is 4.39 Å². The molecule has 13 heavy (non-hydrogen) atoms. The minimum atomic E-state index is -0.518. The summed E-state index contributed by atoms with van der Waals surface area (Å²) in [6, 6.07) is 6.01. The molecule has 0 aliphatic heterocycles. The van der Waals surface area contributed by atoms with Crippen molar-refractivity contribution in [3.63, 3.8) is 0 Å². The van der Waals surface area contributed by atoms with Crippen LogP contribution in [0.3, 0.4) is 0 Å². The fraction of sp³-hybridized carbons (Fsp3) is 0.100. The average Bonchev–Trinajstić information content (AvgIpc) is 2.17. The van der Waals surface area contributed by atoms with Crippen LogP contribution in [0.2, 0.25) is 0 Å². The van der Waals surface area contributed by atoms with Crippen LogP contribution in [-0.2, 0) is 0 Å². The van der Waals surface area contributed by atoms with Crippen LogP contribution in [0.25, 0.3) is 5.57 Å². The van der Waals surface area contributed by atoms with Crippen LogP contribution in [0.15, 0.2) is 24.8 Å². The normalized spacial score (nSPS) is 9.31. The molecule has 0 fully saturated rings. The van der Waals surface area contributed by atoms with Crippen molar-refractivity contribution in [1.82, 2.24) is 0 Å². The molecule has 0 heterocycles. The number of hydrogen-bond acceptors (Lipinski definition) is 2. The van der Waals surface area contributed by atoms with Gasteiger partial charge in [0.15, 0.2) is 0 Å². The van der Waals surface area contributed by atoms with E-state index >= 15 is 0 Å². The highest BCUT2D eigenvalue weighted by Gasteiger charge is 2.03. The predicted molar refractivity (Wildman–Crippen MR) is 49.2 cm³/mol. The summed E-state index contributed by atoms with van der Waals surface area (Å²) < 4.78 is 12.9. The lowest BCUT2D eigenvalue weighted by Gasteiger charge is -2.02. The quantitative estimate of drug-likeness (QED) is 0.745. The lowest BCUT2D eigenvalue weighted by Crippen LogP contribution is -2.01. The fourth-order valence-electron chi connectivity index (χ4n) is 0.949.